The van der Waals surface area contributed by atoms with E-state index in [1.807, 2.05) is 0 Å². The van der Waals surface area contributed by atoms with Crippen molar-refractivity contribution in [3.05, 3.63) is 11.8 Å². The van der Waals surface area contributed by atoms with Crippen molar-refractivity contribution in [2.45, 2.75) is 97.7 Å². The van der Waals surface area contributed by atoms with Crippen LogP contribution in [0.2, 0.25) is 15.6 Å². The highest BCUT2D eigenvalue weighted by atomic mass is 28.4. The third kappa shape index (κ3) is 3.65. The average molecular weight is 285 g/mol. The van der Waals surface area contributed by atoms with E-state index in [1.165, 1.54) is 12.2 Å². The van der Waals surface area contributed by atoms with Crippen LogP contribution >= 0.6 is 0 Å². The molecule has 0 spiro atoms. The lowest BCUT2D eigenvalue weighted by atomic mass is 10.2. The Kier molecular flexibility index (Phi) is 6.39. The third-order valence-corrected chi connectivity index (χ3v) is 11.3. The van der Waals surface area contributed by atoms with Crippen molar-refractivity contribution in [3.8, 4) is 0 Å². The van der Waals surface area contributed by atoms with Gasteiger partial charge in [0.2, 0.25) is 0 Å². The van der Waals surface area contributed by atoms with Gasteiger partial charge in [0.15, 0.2) is 0 Å². The van der Waals surface area contributed by atoms with E-state index in [9.17, 15) is 0 Å². The second-order valence-electron chi connectivity index (χ2n) is 7.76. The van der Waals surface area contributed by atoms with Crippen LogP contribution in [0.25, 0.3) is 0 Å². The molecule has 0 saturated heterocycles. The fourth-order valence-electron chi connectivity index (χ4n) is 3.84. The first-order valence-electron chi connectivity index (χ1n) is 7.82. The fraction of sp³-hybridized carbons (Fsp3) is 0.882. The molecule has 114 valence electrons. The minimum absolute atomic E-state index is 0.226. The van der Waals surface area contributed by atoms with Gasteiger partial charge in [-0.15, -0.1) is 0 Å². The van der Waals surface area contributed by atoms with E-state index in [4.69, 9.17) is 4.43 Å². The summed E-state index contributed by atoms with van der Waals surface area (Å²) in [6, 6.07) is 0. The highest BCUT2D eigenvalue weighted by Gasteiger charge is 2.59. The fourth-order valence-corrected chi connectivity index (χ4v) is 11.1. The zero-order valence-corrected chi connectivity index (χ0v) is 16.0. The molecule has 0 aromatic heterocycles. The van der Waals surface area contributed by atoms with Crippen LogP contribution in [0, 0.1) is 0 Å². The summed E-state index contributed by atoms with van der Waals surface area (Å²) in [5, 5.41) is 0.453. The van der Waals surface area contributed by atoms with Crippen LogP contribution in [-0.2, 0) is 4.43 Å². The largest absolute Gasteiger partial charge is 0.545 e. The van der Waals surface area contributed by atoms with E-state index < -0.39 is 8.32 Å². The molecule has 0 aliphatic rings. The van der Waals surface area contributed by atoms with E-state index in [2.05, 4.69) is 75.3 Å². The van der Waals surface area contributed by atoms with Crippen molar-refractivity contribution >= 4 is 8.32 Å². The molecule has 2 heteroatoms. The Bertz CT molecular complexity index is 290. The summed E-state index contributed by atoms with van der Waals surface area (Å²) >= 11 is 0. The number of hydrogen-bond acceptors (Lipinski definition) is 1. The molecule has 1 unspecified atom stereocenters. The molecule has 0 rings (SSSR count). The Labute approximate surface area is 123 Å². The van der Waals surface area contributed by atoms with Crippen molar-refractivity contribution in [1.29, 1.82) is 0 Å². The minimum atomic E-state index is -1.98. The summed E-state index contributed by atoms with van der Waals surface area (Å²) < 4.78 is 6.82. The first-order valence-corrected chi connectivity index (χ1v) is 9.80. The van der Waals surface area contributed by atoms with E-state index in [1.54, 1.807) is 0 Å². The van der Waals surface area contributed by atoms with Crippen LogP contribution in [0.4, 0.5) is 0 Å². The number of allylic oxidation sites excluding steroid dienone is 2. The van der Waals surface area contributed by atoms with E-state index in [-0.39, 0.29) is 10.1 Å². The first-order chi connectivity index (χ1) is 8.47. The van der Waals surface area contributed by atoms with Gasteiger partial charge in [-0.2, -0.15) is 0 Å². The molecule has 0 amide bonds. The molecule has 0 aromatic carbocycles. The van der Waals surface area contributed by atoms with Crippen LogP contribution in [0.1, 0.15) is 82.1 Å². The molecule has 0 heterocycles. The molecule has 0 aromatic rings. The molecular formula is C17H36OSi. The Morgan fingerprint density at radius 3 is 1.68 bits per heavy atom. The smallest absolute Gasteiger partial charge is 0.264 e. The van der Waals surface area contributed by atoms with E-state index in [0.29, 0.717) is 5.54 Å². The van der Waals surface area contributed by atoms with Crippen LogP contribution in [-0.4, -0.2) is 8.32 Å². The highest BCUT2D eigenvalue weighted by Crippen LogP contribution is 2.58. The van der Waals surface area contributed by atoms with Crippen LogP contribution in [0.5, 0.6) is 0 Å². The SMILES string of the molecule is C/C=C(/CC)O[Si](C(C)CC)(C(C)(C)C)C(C)(C)C. The van der Waals surface area contributed by atoms with E-state index >= 15 is 0 Å². The second-order valence-corrected chi connectivity index (χ2v) is 13.4. The van der Waals surface area contributed by atoms with Gasteiger partial charge in [0.05, 0.1) is 5.76 Å². The molecule has 1 atom stereocenters. The van der Waals surface area contributed by atoms with Gasteiger partial charge < -0.3 is 4.43 Å². The van der Waals surface area contributed by atoms with Gasteiger partial charge in [0, 0.05) is 6.42 Å². The Balaban J connectivity index is 5.94. The second kappa shape index (κ2) is 6.47. The molecule has 0 N–H and O–H groups in total. The molecule has 0 aliphatic heterocycles. The van der Waals surface area contributed by atoms with Gasteiger partial charge in [-0.3, -0.25) is 0 Å². The number of rotatable bonds is 5. The summed E-state index contributed by atoms with van der Waals surface area (Å²) in [6.45, 7) is 23.2. The van der Waals surface area contributed by atoms with Crippen molar-refractivity contribution in [3.63, 3.8) is 0 Å². The monoisotopic (exact) mass is 284 g/mol. The third-order valence-electron chi connectivity index (χ3n) is 4.50. The van der Waals surface area contributed by atoms with Gasteiger partial charge >= 0.3 is 0 Å². The zero-order valence-electron chi connectivity index (χ0n) is 15.0. The standard InChI is InChI=1S/C17H36OSi/c1-11-14(4)19(16(5,6)7,17(8,9)10)18-15(12-2)13-3/h12,14H,11,13H2,1-10H3/b15-12-. The van der Waals surface area contributed by atoms with Crippen molar-refractivity contribution in [1.82, 2.24) is 0 Å². The maximum Gasteiger partial charge on any atom is 0.264 e. The lowest BCUT2D eigenvalue weighted by Gasteiger charge is -2.54. The Hall–Kier alpha value is -0.243. The maximum absolute atomic E-state index is 6.82. The predicted octanol–water partition coefficient (Wildman–Crippen LogP) is 6.66. The molecule has 0 aliphatic carbocycles. The summed E-state index contributed by atoms with van der Waals surface area (Å²) in [5.74, 6) is 1.18. The van der Waals surface area contributed by atoms with Crippen molar-refractivity contribution in [2.24, 2.45) is 0 Å². The molecular weight excluding hydrogens is 248 g/mol. The summed E-state index contributed by atoms with van der Waals surface area (Å²) in [5.41, 5.74) is 0.647. The molecule has 19 heavy (non-hydrogen) atoms. The highest BCUT2D eigenvalue weighted by molar-refractivity contribution is 6.80. The van der Waals surface area contributed by atoms with Gasteiger partial charge in [0.1, 0.15) is 0 Å². The van der Waals surface area contributed by atoms with Gasteiger partial charge in [-0.05, 0) is 22.5 Å². The first kappa shape index (κ1) is 18.8. The van der Waals surface area contributed by atoms with Crippen LogP contribution in [0.15, 0.2) is 11.8 Å². The quantitative estimate of drug-likeness (QED) is 0.405. The Morgan fingerprint density at radius 1 is 1.05 bits per heavy atom. The van der Waals surface area contributed by atoms with Gasteiger partial charge in [-0.25, -0.2) is 0 Å². The maximum atomic E-state index is 6.82. The predicted molar refractivity (Wildman–Crippen MR) is 90.0 cm³/mol. The molecule has 0 saturated carbocycles. The topological polar surface area (TPSA) is 9.23 Å². The van der Waals surface area contributed by atoms with Gasteiger partial charge in [-0.1, -0.05) is 74.8 Å². The molecule has 0 radical (unpaired) electrons. The minimum Gasteiger partial charge on any atom is -0.545 e. The zero-order chi connectivity index (χ0) is 15.5. The Morgan fingerprint density at radius 2 is 1.47 bits per heavy atom. The number of hydrogen-bond donors (Lipinski definition) is 0. The summed E-state index contributed by atoms with van der Waals surface area (Å²) in [7, 11) is -1.98. The van der Waals surface area contributed by atoms with Gasteiger partial charge in [0.25, 0.3) is 8.32 Å². The molecule has 0 fully saturated rings. The van der Waals surface area contributed by atoms with E-state index in [0.717, 1.165) is 6.42 Å². The lowest BCUT2D eigenvalue weighted by Crippen LogP contribution is -2.57. The lowest BCUT2D eigenvalue weighted by molar-refractivity contribution is 0.311. The van der Waals surface area contributed by atoms with Crippen LogP contribution in [0.3, 0.4) is 0 Å². The van der Waals surface area contributed by atoms with Crippen molar-refractivity contribution in [2.75, 3.05) is 0 Å². The van der Waals surface area contributed by atoms with Crippen molar-refractivity contribution < 1.29 is 4.43 Å². The normalized spacial score (nSPS) is 16.4. The summed E-state index contributed by atoms with van der Waals surface area (Å²) in [6.07, 6.45) is 4.34. The van der Waals surface area contributed by atoms with Crippen LogP contribution < -0.4 is 0 Å². The molecule has 1 nitrogen and oxygen atoms in total. The average Bonchev–Trinajstić information content (AvgIpc) is 2.26. The summed E-state index contributed by atoms with van der Waals surface area (Å²) in [4.78, 5) is 0. The molecule has 0 bridgehead atoms.